The van der Waals surface area contributed by atoms with E-state index in [1.807, 2.05) is 21.1 Å². The average molecular weight is 648 g/mol. The molecule has 0 rings (SSSR count). The average Bonchev–Trinajstić information content (AvgIpc) is 2.96. The van der Waals surface area contributed by atoms with Gasteiger partial charge in [0, 0.05) is 13.0 Å². The van der Waals surface area contributed by atoms with Crippen molar-refractivity contribution in [2.24, 2.45) is 0 Å². The van der Waals surface area contributed by atoms with Crippen molar-refractivity contribution < 1.29 is 37.3 Å². The van der Waals surface area contributed by atoms with Crippen LogP contribution in [0, 0.1) is 0 Å². The van der Waals surface area contributed by atoms with Crippen molar-refractivity contribution in [3.8, 4) is 0 Å². The highest BCUT2D eigenvalue weighted by Crippen LogP contribution is 2.38. The molecule has 0 aromatic rings. The predicted molar refractivity (Wildman–Crippen MR) is 181 cm³/mol. The Morgan fingerprint density at radius 1 is 0.682 bits per heavy atom. The Kier molecular flexibility index (Phi) is 29.1. The van der Waals surface area contributed by atoms with Crippen LogP contribution in [0.15, 0.2) is 12.2 Å². The van der Waals surface area contributed by atoms with Gasteiger partial charge in [0.2, 0.25) is 0 Å². The molecule has 0 bridgehead atoms. The van der Waals surface area contributed by atoms with Crippen LogP contribution in [0.3, 0.4) is 0 Å². The van der Waals surface area contributed by atoms with E-state index in [1.165, 1.54) is 96.3 Å². The minimum Gasteiger partial charge on any atom is -0.756 e. The molecule has 2 unspecified atom stereocenters. The maximum absolute atomic E-state index is 12.5. The van der Waals surface area contributed by atoms with Gasteiger partial charge in [-0.1, -0.05) is 116 Å². The molecule has 9 heteroatoms. The third-order valence-corrected chi connectivity index (χ3v) is 8.53. The lowest BCUT2D eigenvalue weighted by Crippen LogP contribution is -2.37. The van der Waals surface area contributed by atoms with Crippen LogP contribution in [-0.2, 0) is 27.9 Å². The van der Waals surface area contributed by atoms with Crippen molar-refractivity contribution in [3.05, 3.63) is 12.2 Å². The van der Waals surface area contributed by atoms with Gasteiger partial charge in [0.15, 0.2) is 0 Å². The second-order valence-electron chi connectivity index (χ2n) is 13.2. The van der Waals surface area contributed by atoms with Gasteiger partial charge in [0.25, 0.3) is 7.82 Å². The van der Waals surface area contributed by atoms with E-state index in [0.717, 1.165) is 32.1 Å². The lowest BCUT2D eigenvalue weighted by Gasteiger charge is -2.28. The first-order valence-electron chi connectivity index (χ1n) is 17.9. The second-order valence-corrected chi connectivity index (χ2v) is 14.6. The summed E-state index contributed by atoms with van der Waals surface area (Å²) in [7, 11) is 1.35. The molecule has 0 fully saturated rings. The van der Waals surface area contributed by atoms with Crippen LogP contribution in [0.5, 0.6) is 0 Å². The smallest absolute Gasteiger partial charge is 0.306 e. The van der Waals surface area contributed by atoms with Crippen LogP contribution in [0.25, 0.3) is 0 Å². The highest BCUT2D eigenvalue weighted by Gasteiger charge is 2.20. The van der Waals surface area contributed by atoms with E-state index in [2.05, 4.69) is 26.0 Å². The number of nitrogens with zero attached hydrogens (tertiary/aromatic N) is 1. The number of quaternary nitrogens is 1. The molecule has 0 aliphatic heterocycles. The quantitative estimate of drug-likeness (QED) is 0.0231. The molecule has 0 amide bonds. The van der Waals surface area contributed by atoms with Gasteiger partial charge in [-0.25, -0.2) is 0 Å². The Bertz CT molecular complexity index is 726. The predicted octanol–water partition coefficient (Wildman–Crippen LogP) is 8.91. The molecule has 0 saturated carbocycles. The molecule has 0 aliphatic carbocycles. The Morgan fingerprint density at radius 3 is 1.75 bits per heavy atom. The SMILES string of the molecule is CCCCCC/C=C\CCCCCCCCOCC(COP(=O)([O-])OCC[N+](C)(C)C)OC(=O)CCCCCCCCCC. The molecule has 0 heterocycles. The number of hydrogen-bond acceptors (Lipinski definition) is 7. The molecule has 8 nitrogen and oxygen atoms in total. The highest BCUT2D eigenvalue weighted by atomic mass is 31.2. The Morgan fingerprint density at radius 2 is 1.18 bits per heavy atom. The fourth-order valence-corrected chi connectivity index (χ4v) is 5.44. The number of allylic oxidation sites excluding steroid dienone is 2. The minimum absolute atomic E-state index is 0.0273. The summed E-state index contributed by atoms with van der Waals surface area (Å²) in [5.41, 5.74) is 0. The molecule has 0 N–H and O–H groups in total. The standard InChI is InChI=1S/C35H70NO7P/c1-6-8-10-12-14-16-17-18-19-20-21-23-25-27-30-40-32-34(33-42-44(38,39)41-31-29-36(3,4)5)43-35(37)28-26-24-22-15-13-11-9-7-2/h16-17,34H,6-15,18-33H2,1-5H3/b17-16-. The second kappa shape index (κ2) is 29.6. The number of carbonyl (C=O) groups is 1. The van der Waals surface area contributed by atoms with E-state index in [4.69, 9.17) is 18.5 Å². The van der Waals surface area contributed by atoms with Crippen molar-refractivity contribution in [2.75, 3.05) is 54.1 Å². The van der Waals surface area contributed by atoms with Gasteiger partial charge in [-0.3, -0.25) is 9.36 Å². The molecule has 0 spiro atoms. The van der Waals surface area contributed by atoms with Crippen molar-refractivity contribution in [1.82, 2.24) is 0 Å². The normalized spacial score (nSPS) is 14.2. The Balaban J connectivity index is 4.29. The molecule has 262 valence electrons. The fraction of sp³-hybridized carbons (Fsp3) is 0.914. The van der Waals surface area contributed by atoms with Gasteiger partial charge in [0.1, 0.15) is 19.3 Å². The molecule has 2 atom stereocenters. The van der Waals surface area contributed by atoms with Crippen LogP contribution < -0.4 is 4.89 Å². The summed E-state index contributed by atoms with van der Waals surface area (Å²) in [5.74, 6) is -0.341. The summed E-state index contributed by atoms with van der Waals surface area (Å²) in [6.45, 7) is 5.35. The number of hydrogen-bond donors (Lipinski definition) is 0. The lowest BCUT2D eigenvalue weighted by molar-refractivity contribution is -0.870. The molecule has 0 radical (unpaired) electrons. The third-order valence-electron chi connectivity index (χ3n) is 7.57. The first kappa shape index (κ1) is 43.2. The zero-order valence-corrected chi connectivity index (χ0v) is 30.3. The van der Waals surface area contributed by atoms with Crippen LogP contribution in [0.1, 0.15) is 149 Å². The number of phosphoric acid groups is 1. The summed E-state index contributed by atoms with van der Waals surface area (Å²) >= 11 is 0. The zero-order valence-electron chi connectivity index (χ0n) is 29.4. The maximum atomic E-state index is 12.5. The molecular weight excluding hydrogens is 577 g/mol. The molecule has 0 aliphatic rings. The van der Waals surface area contributed by atoms with E-state index in [1.54, 1.807) is 0 Å². The van der Waals surface area contributed by atoms with E-state index >= 15 is 0 Å². The summed E-state index contributed by atoms with van der Waals surface area (Å²) in [4.78, 5) is 24.7. The van der Waals surface area contributed by atoms with Gasteiger partial charge in [-0.05, 0) is 38.5 Å². The summed E-state index contributed by atoms with van der Waals surface area (Å²) in [5, 5.41) is 0. The highest BCUT2D eigenvalue weighted by molar-refractivity contribution is 7.45. The maximum Gasteiger partial charge on any atom is 0.306 e. The van der Waals surface area contributed by atoms with E-state index in [-0.39, 0.29) is 25.8 Å². The van der Waals surface area contributed by atoms with Gasteiger partial charge in [0.05, 0.1) is 34.4 Å². The number of rotatable bonds is 33. The summed E-state index contributed by atoms with van der Waals surface area (Å²) in [6.07, 6.45) is 27.9. The first-order valence-corrected chi connectivity index (χ1v) is 19.4. The summed E-state index contributed by atoms with van der Waals surface area (Å²) in [6, 6.07) is 0. The number of carbonyl (C=O) groups excluding carboxylic acids is 1. The molecule has 44 heavy (non-hydrogen) atoms. The topological polar surface area (TPSA) is 94.1 Å². The number of phosphoric ester groups is 1. The lowest BCUT2D eigenvalue weighted by atomic mass is 10.1. The number of unbranched alkanes of at least 4 members (excludes halogenated alkanes) is 17. The summed E-state index contributed by atoms with van der Waals surface area (Å²) < 4.78 is 34.3. The van der Waals surface area contributed by atoms with Gasteiger partial charge < -0.3 is 27.9 Å². The van der Waals surface area contributed by atoms with E-state index in [0.29, 0.717) is 24.1 Å². The van der Waals surface area contributed by atoms with Crippen LogP contribution in [0.2, 0.25) is 0 Å². The van der Waals surface area contributed by atoms with Crippen molar-refractivity contribution in [1.29, 1.82) is 0 Å². The Labute approximate surface area is 271 Å². The van der Waals surface area contributed by atoms with Crippen LogP contribution >= 0.6 is 7.82 Å². The number of esters is 1. The fourth-order valence-electron chi connectivity index (χ4n) is 4.72. The van der Waals surface area contributed by atoms with Crippen molar-refractivity contribution >= 4 is 13.8 Å². The zero-order chi connectivity index (χ0) is 32.8. The minimum atomic E-state index is -4.51. The first-order chi connectivity index (χ1) is 21.1. The molecule has 0 saturated heterocycles. The largest absolute Gasteiger partial charge is 0.756 e. The molecular formula is C35H70NO7P. The van der Waals surface area contributed by atoms with Crippen LogP contribution in [0.4, 0.5) is 0 Å². The number of likely N-dealkylation sites (N-methyl/N-ethyl adjacent to an activating group) is 1. The number of ether oxygens (including phenoxy) is 2. The van der Waals surface area contributed by atoms with Crippen molar-refractivity contribution in [3.63, 3.8) is 0 Å². The van der Waals surface area contributed by atoms with Crippen molar-refractivity contribution in [2.45, 2.75) is 155 Å². The van der Waals surface area contributed by atoms with Gasteiger partial charge in [-0.2, -0.15) is 0 Å². The monoisotopic (exact) mass is 647 g/mol. The van der Waals surface area contributed by atoms with E-state index in [9.17, 15) is 14.3 Å². The molecule has 0 aromatic heterocycles. The Hall–Kier alpha value is -0.760. The van der Waals surface area contributed by atoms with E-state index < -0.39 is 13.9 Å². The van der Waals surface area contributed by atoms with Crippen LogP contribution in [-0.4, -0.2) is 70.7 Å². The molecule has 0 aromatic carbocycles. The third kappa shape index (κ3) is 32.6. The van der Waals surface area contributed by atoms with Gasteiger partial charge in [-0.15, -0.1) is 0 Å². The van der Waals surface area contributed by atoms with Gasteiger partial charge >= 0.3 is 5.97 Å².